The summed E-state index contributed by atoms with van der Waals surface area (Å²) in [5.41, 5.74) is 6.36. The number of rotatable bonds is 8. The Morgan fingerprint density at radius 3 is 2.86 bits per heavy atom. The summed E-state index contributed by atoms with van der Waals surface area (Å²) in [7, 11) is 1.68. The molecule has 0 aromatic heterocycles. The molecule has 0 heterocycles. The van der Waals surface area contributed by atoms with E-state index >= 15 is 0 Å². The van der Waals surface area contributed by atoms with Gasteiger partial charge in [0, 0.05) is 32.7 Å². The molecule has 116 valence electrons. The minimum atomic E-state index is -0.412. The van der Waals surface area contributed by atoms with Crippen molar-refractivity contribution in [2.45, 2.75) is 25.3 Å². The van der Waals surface area contributed by atoms with Crippen LogP contribution in [0.5, 0.6) is 0 Å². The molecule has 1 aliphatic rings. The lowest BCUT2D eigenvalue weighted by molar-refractivity contribution is -0.116. The second-order valence-corrected chi connectivity index (χ2v) is 5.29. The standard InChI is InChI=1S/C15H22FN3O2/c1-21-9-8-19(12-3-4-12)7-6-15(20)18-14-5-2-11(16)10-13(14)17/h2,5,10,12H,3-4,6-9,17H2,1H3,(H,18,20). The van der Waals surface area contributed by atoms with Crippen molar-refractivity contribution in [2.75, 3.05) is 37.9 Å². The predicted molar refractivity (Wildman–Crippen MR) is 80.5 cm³/mol. The molecular weight excluding hydrogens is 273 g/mol. The zero-order chi connectivity index (χ0) is 15.2. The highest BCUT2D eigenvalue weighted by Crippen LogP contribution is 2.26. The van der Waals surface area contributed by atoms with Gasteiger partial charge in [-0.05, 0) is 31.0 Å². The molecule has 2 rings (SSSR count). The topological polar surface area (TPSA) is 67.6 Å². The van der Waals surface area contributed by atoms with Crippen molar-refractivity contribution in [3.63, 3.8) is 0 Å². The van der Waals surface area contributed by atoms with Crippen molar-refractivity contribution in [3.8, 4) is 0 Å². The third kappa shape index (κ3) is 4.99. The molecule has 6 heteroatoms. The van der Waals surface area contributed by atoms with Crippen LogP contribution in [0, 0.1) is 5.82 Å². The molecule has 0 bridgehead atoms. The zero-order valence-electron chi connectivity index (χ0n) is 12.3. The Hall–Kier alpha value is -1.66. The maximum absolute atomic E-state index is 12.9. The van der Waals surface area contributed by atoms with E-state index in [-0.39, 0.29) is 11.6 Å². The van der Waals surface area contributed by atoms with E-state index < -0.39 is 5.82 Å². The summed E-state index contributed by atoms with van der Waals surface area (Å²) < 4.78 is 18.0. The molecule has 0 atom stereocenters. The van der Waals surface area contributed by atoms with Crippen LogP contribution in [0.25, 0.3) is 0 Å². The van der Waals surface area contributed by atoms with Crippen LogP contribution in [-0.2, 0) is 9.53 Å². The first-order chi connectivity index (χ1) is 10.1. The predicted octanol–water partition coefficient (Wildman–Crippen LogP) is 1.85. The van der Waals surface area contributed by atoms with Gasteiger partial charge in [0.05, 0.1) is 18.0 Å². The van der Waals surface area contributed by atoms with Gasteiger partial charge in [0.2, 0.25) is 5.91 Å². The average Bonchev–Trinajstić information content (AvgIpc) is 3.27. The zero-order valence-corrected chi connectivity index (χ0v) is 12.3. The van der Waals surface area contributed by atoms with Crippen molar-refractivity contribution in [2.24, 2.45) is 0 Å². The molecule has 1 fully saturated rings. The minimum absolute atomic E-state index is 0.114. The smallest absolute Gasteiger partial charge is 0.225 e. The van der Waals surface area contributed by atoms with Gasteiger partial charge in [-0.25, -0.2) is 4.39 Å². The van der Waals surface area contributed by atoms with Crippen LogP contribution >= 0.6 is 0 Å². The molecular formula is C15H22FN3O2. The highest BCUT2D eigenvalue weighted by molar-refractivity contribution is 5.93. The van der Waals surface area contributed by atoms with E-state index in [1.54, 1.807) is 7.11 Å². The fraction of sp³-hybridized carbons (Fsp3) is 0.533. The summed E-state index contributed by atoms with van der Waals surface area (Å²) in [6, 6.07) is 4.54. The number of amides is 1. The number of benzene rings is 1. The third-order valence-electron chi connectivity index (χ3n) is 3.56. The summed E-state index contributed by atoms with van der Waals surface area (Å²) in [6.07, 6.45) is 2.77. The normalized spacial score (nSPS) is 14.4. The second-order valence-electron chi connectivity index (χ2n) is 5.29. The van der Waals surface area contributed by atoms with Crippen molar-refractivity contribution in [3.05, 3.63) is 24.0 Å². The van der Waals surface area contributed by atoms with Crippen LogP contribution in [0.4, 0.5) is 15.8 Å². The Bertz CT molecular complexity index is 492. The van der Waals surface area contributed by atoms with Crippen LogP contribution in [0.1, 0.15) is 19.3 Å². The number of carbonyl (C=O) groups excluding carboxylic acids is 1. The maximum atomic E-state index is 12.9. The van der Waals surface area contributed by atoms with Gasteiger partial charge in [0.1, 0.15) is 5.82 Å². The SMILES string of the molecule is COCCN(CCC(=O)Nc1ccc(F)cc1N)C1CC1. The Morgan fingerprint density at radius 2 is 2.24 bits per heavy atom. The van der Waals surface area contributed by atoms with Crippen LogP contribution in [-0.4, -0.2) is 43.7 Å². The maximum Gasteiger partial charge on any atom is 0.225 e. The first kappa shape index (κ1) is 15.7. The summed E-state index contributed by atoms with van der Waals surface area (Å²) in [5, 5.41) is 2.72. The lowest BCUT2D eigenvalue weighted by atomic mass is 10.2. The number of hydrogen-bond donors (Lipinski definition) is 2. The lowest BCUT2D eigenvalue weighted by Crippen LogP contribution is -2.32. The van der Waals surface area contributed by atoms with Crippen LogP contribution in [0.3, 0.4) is 0 Å². The van der Waals surface area contributed by atoms with Gasteiger partial charge in [-0.3, -0.25) is 9.69 Å². The summed E-state index contributed by atoms with van der Waals surface area (Å²) >= 11 is 0. The van der Waals surface area contributed by atoms with Crippen LogP contribution in [0.15, 0.2) is 18.2 Å². The molecule has 3 N–H and O–H groups in total. The Morgan fingerprint density at radius 1 is 1.48 bits per heavy atom. The van der Waals surface area contributed by atoms with Crippen molar-refractivity contribution >= 4 is 17.3 Å². The number of halogens is 1. The quantitative estimate of drug-likeness (QED) is 0.718. The number of nitrogens with zero attached hydrogens (tertiary/aromatic N) is 1. The summed E-state index contributed by atoms with van der Waals surface area (Å²) in [6.45, 7) is 2.21. The van der Waals surface area contributed by atoms with E-state index in [2.05, 4.69) is 10.2 Å². The number of nitrogen functional groups attached to an aromatic ring is 1. The van der Waals surface area contributed by atoms with Gasteiger partial charge in [0.15, 0.2) is 0 Å². The Balaban J connectivity index is 1.80. The molecule has 0 radical (unpaired) electrons. The van der Waals surface area contributed by atoms with Gasteiger partial charge < -0.3 is 15.8 Å². The number of anilines is 2. The largest absolute Gasteiger partial charge is 0.397 e. The van der Waals surface area contributed by atoms with Gasteiger partial charge in [0.25, 0.3) is 0 Å². The average molecular weight is 295 g/mol. The Labute approximate surface area is 124 Å². The van der Waals surface area contributed by atoms with Crippen molar-refractivity contribution in [1.82, 2.24) is 4.90 Å². The number of carbonyl (C=O) groups is 1. The molecule has 0 unspecified atom stereocenters. The molecule has 21 heavy (non-hydrogen) atoms. The highest BCUT2D eigenvalue weighted by Gasteiger charge is 2.28. The number of nitrogens with two attached hydrogens (primary N) is 1. The second kappa shape index (κ2) is 7.38. The summed E-state index contributed by atoms with van der Waals surface area (Å²) in [5.74, 6) is -0.527. The van der Waals surface area contributed by atoms with E-state index in [4.69, 9.17) is 10.5 Å². The molecule has 5 nitrogen and oxygen atoms in total. The highest BCUT2D eigenvalue weighted by atomic mass is 19.1. The number of nitrogens with one attached hydrogen (secondary N) is 1. The number of ether oxygens (including phenoxy) is 1. The number of hydrogen-bond acceptors (Lipinski definition) is 4. The lowest BCUT2D eigenvalue weighted by Gasteiger charge is -2.21. The van der Waals surface area contributed by atoms with Crippen molar-refractivity contribution in [1.29, 1.82) is 0 Å². The number of methoxy groups -OCH3 is 1. The van der Waals surface area contributed by atoms with Gasteiger partial charge in [-0.15, -0.1) is 0 Å². The van der Waals surface area contributed by atoms with Gasteiger partial charge in [-0.2, -0.15) is 0 Å². The van der Waals surface area contributed by atoms with E-state index in [1.807, 2.05) is 0 Å². The van der Waals surface area contributed by atoms with E-state index in [9.17, 15) is 9.18 Å². The molecule has 0 saturated heterocycles. The summed E-state index contributed by atoms with van der Waals surface area (Å²) in [4.78, 5) is 14.2. The van der Waals surface area contributed by atoms with Gasteiger partial charge >= 0.3 is 0 Å². The Kier molecular flexibility index (Phi) is 5.52. The first-order valence-corrected chi connectivity index (χ1v) is 7.18. The van der Waals surface area contributed by atoms with Crippen LogP contribution in [0.2, 0.25) is 0 Å². The molecule has 1 aromatic carbocycles. The van der Waals surface area contributed by atoms with E-state index in [1.165, 1.54) is 31.0 Å². The molecule has 1 aromatic rings. The fourth-order valence-corrected chi connectivity index (χ4v) is 2.23. The third-order valence-corrected chi connectivity index (χ3v) is 3.56. The fourth-order valence-electron chi connectivity index (χ4n) is 2.23. The van der Waals surface area contributed by atoms with E-state index in [0.29, 0.717) is 31.3 Å². The van der Waals surface area contributed by atoms with Gasteiger partial charge in [-0.1, -0.05) is 0 Å². The first-order valence-electron chi connectivity index (χ1n) is 7.18. The molecule has 1 aliphatic carbocycles. The molecule has 1 saturated carbocycles. The van der Waals surface area contributed by atoms with E-state index in [0.717, 1.165) is 6.54 Å². The minimum Gasteiger partial charge on any atom is -0.397 e. The molecule has 1 amide bonds. The monoisotopic (exact) mass is 295 g/mol. The van der Waals surface area contributed by atoms with Crippen molar-refractivity contribution < 1.29 is 13.9 Å². The van der Waals surface area contributed by atoms with Crippen LogP contribution < -0.4 is 11.1 Å². The molecule has 0 spiro atoms. The molecule has 0 aliphatic heterocycles.